The minimum absolute atomic E-state index is 0.00186. The molecule has 0 spiro atoms. The zero-order valence-corrected chi connectivity index (χ0v) is 17.3. The van der Waals surface area contributed by atoms with Gasteiger partial charge in [-0.1, -0.05) is 23.7 Å². The molecular weight excluding hydrogens is 388 g/mol. The molecule has 146 valence electrons. The zero-order valence-electron chi connectivity index (χ0n) is 15.7. The van der Waals surface area contributed by atoms with Gasteiger partial charge in [-0.25, -0.2) is 8.42 Å². The molecule has 2 rings (SSSR count). The van der Waals surface area contributed by atoms with Gasteiger partial charge in [-0.15, -0.1) is 0 Å². The second-order valence-corrected chi connectivity index (χ2v) is 8.60. The number of carbonyl (C=O) groups excluding carboxylic acids is 1. The van der Waals surface area contributed by atoms with Crippen molar-refractivity contribution in [3.05, 3.63) is 52.5 Å². The van der Waals surface area contributed by atoms with Crippen LogP contribution in [0.4, 0.5) is 5.69 Å². The highest BCUT2D eigenvalue weighted by atomic mass is 35.5. The number of hydrogen-bond donors (Lipinski definition) is 1. The summed E-state index contributed by atoms with van der Waals surface area (Å²) in [6.45, 7) is 5.70. The fraction of sp³-hybridized carbons (Fsp3) is 0.316. The third-order valence-electron chi connectivity index (χ3n) is 3.94. The number of aryl methyl sites for hydroxylation is 2. The van der Waals surface area contributed by atoms with E-state index in [-0.39, 0.29) is 16.5 Å². The van der Waals surface area contributed by atoms with E-state index in [1.165, 1.54) is 25.2 Å². The van der Waals surface area contributed by atoms with Crippen LogP contribution in [0.15, 0.2) is 41.3 Å². The number of nitrogens with one attached hydrogen (secondary N) is 1. The van der Waals surface area contributed by atoms with E-state index in [1.807, 2.05) is 39.0 Å². The molecule has 0 saturated heterocycles. The number of amides is 1. The van der Waals surface area contributed by atoms with Gasteiger partial charge in [-0.3, -0.25) is 4.79 Å². The van der Waals surface area contributed by atoms with E-state index in [2.05, 4.69) is 5.32 Å². The van der Waals surface area contributed by atoms with Crippen LogP contribution >= 0.6 is 11.6 Å². The number of hydrogen-bond acceptors (Lipinski definition) is 4. The van der Waals surface area contributed by atoms with Crippen molar-refractivity contribution in [1.82, 2.24) is 4.31 Å². The van der Waals surface area contributed by atoms with Gasteiger partial charge in [0.2, 0.25) is 15.9 Å². The first-order valence-electron chi connectivity index (χ1n) is 8.41. The lowest BCUT2D eigenvalue weighted by Gasteiger charge is -2.18. The Bertz CT molecular complexity index is 945. The molecule has 2 aromatic carbocycles. The molecule has 0 heterocycles. The summed E-state index contributed by atoms with van der Waals surface area (Å²) in [5.74, 6) is -0.0137. The molecule has 1 amide bonds. The van der Waals surface area contributed by atoms with Crippen LogP contribution in [-0.2, 0) is 14.8 Å². The van der Waals surface area contributed by atoms with Gasteiger partial charge in [-0.2, -0.15) is 4.31 Å². The predicted molar refractivity (Wildman–Crippen MR) is 107 cm³/mol. The lowest BCUT2D eigenvalue weighted by atomic mass is 10.1. The maximum atomic E-state index is 12.7. The number of ether oxygens (including phenoxy) is 1. The van der Waals surface area contributed by atoms with E-state index >= 15 is 0 Å². The van der Waals surface area contributed by atoms with Gasteiger partial charge in [0.15, 0.2) is 0 Å². The molecule has 27 heavy (non-hydrogen) atoms. The lowest BCUT2D eigenvalue weighted by molar-refractivity contribution is -0.116. The molecule has 0 unspecified atom stereocenters. The van der Waals surface area contributed by atoms with Gasteiger partial charge in [0, 0.05) is 12.7 Å². The second-order valence-electron chi connectivity index (χ2n) is 6.15. The van der Waals surface area contributed by atoms with Crippen molar-refractivity contribution in [2.24, 2.45) is 0 Å². The molecule has 0 saturated carbocycles. The summed E-state index contributed by atoms with van der Waals surface area (Å²) < 4.78 is 31.7. The Labute approximate surface area is 165 Å². The molecule has 0 radical (unpaired) electrons. The third kappa shape index (κ3) is 5.22. The molecule has 0 aromatic heterocycles. The molecule has 0 bridgehead atoms. The van der Waals surface area contributed by atoms with Gasteiger partial charge in [0.1, 0.15) is 5.75 Å². The molecule has 0 aliphatic rings. The smallest absolute Gasteiger partial charge is 0.243 e. The average Bonchev–Trinajstić information content (AvgIpc) is 2.59. The molecule has 8 heteroatoms. The highest BCUT2D eigenvalue weighted by molar-refractivity contribution is 7.89. The van der Waals surface area contributed by atoms with Crippen LogP contribution in [0.3, 0.4) is 0 Å². The standard InChI is InChI=1S/C19H23ClN2O4S/c1-5-26-18-9-8-15(11-16(18)20)27(24,25)22(4)12-19(23)21-17-10-13(2)6-7-14(17)3/h6-11H,5,12H2,1-4H3,(H,21,23). The van der Waals surface area contributed by atoms with E-state index in [0.717, 1.165) is 15.4 Å². The molecule has 0 aliphatic carbocycles. The van der Waals surface area contributed by atoms with Gasteiger partial charge in [0.25, 0.3) is 0 Å². The summed E-state index contributed by atoms with van der Waals surface area (Å²) in [6, 6.07) is 9.91. The van der Waals surface area contributed by atoms with Crippen LogP contribution in [-0.4, -0.2) is 38.8 Å². The van der Waals surface area contributed by atoms with Gasteiger partial charge in [0.05, 0.1) is 23.1 Å². The monoisotopic (exact) mass is 410 g/mol. The molecule has 0 fully saturated rings. The van der Waals surface area contributed by atoms with E-state index in [0.29, 0.717) is 18.0 Å². The number of sulfonamides is 1. The van der Waals surface area contributed by atoms with E-state index in [9.17, 15) is 13.2 Å². The van der Waals surface area contributed by atoms with E-state index in [4.69, 9.17) is 16.3 Å². The summed E-state index contributed by atoms with van der Waals surface area (Å²) in [7, 11) is -2.52. The number of anilines is 1. The predicted octanol–water partition coefficient (Wildman–Crippen LogP) is 3.61. The molecule has 6 nitrogen and oxygen atoms in total. The number of likely N-dealkylation sites (N-methyl/N-ethyl adjacent to an activating group) is 1. The molecule has 2 aromatic rings. The van der Waals surface area contributed by atoms with Crippen molar-refractivity contribution in [3.8, 4) is 5.75 Å². The maximum Gasteiger partial charge on any atom is 0.243 e. The van der Waals surface area contributed by atoms with Gasteiger partial charge < -0.3 is 10.1 Å². The summed E-state index contributed by atoms with van der Waals surface area (Å²) in [5, 5.41) is 2.95. The largest absolute Gasteiger partial charge is 0.492 e. The fourth-order valence-corrected chi connectivity index (χ4v) is 3.90. The minimum Gasteiger partial charge on any atom is -0.492 e. The third-order valence-corrected chi connectivity index (χ3v) is 6.04. The number of benzene rings is 2. The van der Waals surface area contributed by atoms with E-state index in [1.54, 1.807) is 0 Å². The Hall–Kier alpha value is -2.09. The first-order valence-corrected chi connectivity index (χ1v) is 10.2. The first kappa shape index (κ1) is 21.2. The Kier molecular flexibility index (Phi) is 6.86. The van der Waals surface area contributed by atoms with Crippen molar-refractivity contribution in [3.63, 3.8) is 0 Å². The van der Waals surface area contributed by atoms with Crippen LogP contribution in [0.1, 0.15) is 18.1 Å². The molecule has 0 atom stereocenters. The highest BCUT2D eigenvalue weighted by Crippen LogP contribution is 2.28. The zero-order chi connectivity index (χ0) is 20.2. The number of halogens is 1. The topological polar surface area (TPSA) is 75.7 Å². The summed E-state index contributed by atoms with van der Waals surface area (Å²) in [4.78, 5) is 12.3. The van der Waals surface area contributed by atoms with Gasteiger partial charge in [-0.05, 0) is 56.2 Å². The summed E-state index contributed by atoms with van der Waals surface area (Å²) in [5.41, 5.74) is 2.56. The second kappa shape index (κ2) is 8.73. The number of nitrogens with zero attached hydrogens (tertiary/aromatic N) is 1. The van der Waals surface area contributed by atoms with Crippen LogP contribution in [0.5, 0.6) is 5.75 Å². The lowest BCUT2D eigenvalue weighted by Crippen LogP contribution is -2.35. The Balaban J connectivity index is 2.13. The molecular formula is C19H23ClN2O4S. The summed E-state index contributed by atoms with van der Waals surface area (Å²) in [6.07, 6.45) is 0. The molecule has 1 N–H and O–H groups in total. The number of carbonyl (C=O) groups is 1. The van der Waals surface area contributed by atoms with Crippen molar-refractivity contribution in [1.29, 1.82) is 0 Å². The Morgan fingerprint density at radius 2 is 1.89 bits per heavy atom. The quantitative estimate of drug-likeness (QED) is 0.756. The summed E-state index contributed by atoms with van der Waals surface area (Å²) >= 11 is 6.08. The van der Waals surface area contributed by atoms with Gasteiger partial charge >= 0.3 is 0 Å². The normalized spacial score (nSPS) is 11.5. The van der Waals surface area contributed by atoms with Crippen LogP contribution < -0.4 is 10.1 Å². The van der Waals surface area contributed by atoms with Crippen LogP contribution in [0.2, 0.25) is 5.02 Å². The number of rotatable bonds is 7. The SMILES string of the molecule is CCOc1ccc(S(=O)(=O)N(C)CC(=O)Nc2cc(C)ccc2C)cc1Cl. The minimum atomic E-state index is -3.87. The van der Waals surface area contributed by atoms with E-state index < -0.39 is 15.9 Å². The highest BCUT2D eigenvalue weighted by Gasteiger charge is 2.24. The van der Waals surface area contributed by atoms with Crippen molar-refractivity contribution < 1.29 is 17.9 Å². The Morgan fingerprint density at radius 3 is 2.52 bits per heavy atom. The Morgan fingerprint density at radius 1 is 1.19 bits per heavy atom. The van der Waals surface area contributed by atoms with Crippen molar-refractivity contribution in [2.75, 3.05) is 25.5 Å². The van der Waals surface area contributed by atoms with Crippen molar-refractivity contribution in [2.45, 2.75) is 25.7 Å². The van der Waals surface area contributed by atoms with Crippen molar-refractivity contribution >= 4 is 33.2 Å². The van der Waals surface area contributed by atoms with Crippen LogP contribution in [0.25, 0.3) is 0 Å². The first-order chi connectivity index (χ1) is 12.6. The molecule has 0 aliphatic heterocycles. The maximum absolute atomic E-state index is 12.7. The van der Waals surface area contributed by atoms with Crippen LogP contribution in [0, 0.1) is 13.8 Å². The fourth-order valence-electron chi connectivity index (χ4n) is 2.44. The average molecular weight is 411 g/mol.